The highest BCUT2D eigenvalue weighted by Crippen LogP contribution is 2.20. The smallest absolute Gasteiger partial charge is 0.179 e. The van der Waals surface area contributed by atoms with Gasteiger partial charge in [0, 0.05) is 19.3 Å². The van der Waals surface area contributed by atoms with Crippen LogP contribution in [0.15, 0.2) is 18.2 Å². The van der Waals surface area contributed by atoms with E-state index in [1.165, 1.54) is 0 Å². The van der Waals surface area contributed by atoms with Gasteiger partial charge in [0.1, 0.15) is 0 Å². The van der Waals surface area contributed by atoms with E-state index in [4.69, 9.17) is 22.1 Å². The first-order chi connectivity index (χ1) is 8.56. The molecule has 108 valence electrons. The first-order valence-corrected chi connectivity index (χ1v) is 6.25. The quantitative estimate of drug-likeness (QED) is 0.461. The molecule has 1 rings (SSSR count). The van der Waals surface area contributed by atoms with Crippen LogP contribution >= 0.6 is 24.0 Å². The van der Waals surface area contributed by atoms with Crippen molar-refractivity contribution in [1.82, 2.24) is 5.32 Å². The minimum absolute atomic E-state index is 0. The van der Waals surface area contributed by atoms with Gasteiger partial charge in [0.25, 0.3) is 0 Å². The maximum absolute atomic E-state index is 12.1. The van der Waals surface area contributed by atoms with Crippen LogP contribution in [-0.4, -0.2) is 32.1 Å². The van der Waals surface area contributed by atoms with Crippen molar-refractivity contribution in [2.24, 2.45) is 0 Å². The van der Waals surface area contributed by atoms with Gasteiger partial charge >= 0.3 is 0 Å². The second-order valence-electron chi connectivity index (χ2n) is 4.12. The Balaban J connectivity index is 0.00000324. The Morgan fingerprint density at radius 3 is 2.79 bits per heavy atom. The predicted octanol–water partition coefficient (Wildman–Crippen LogP) is 2.54. The monoisotopic (exact) mass is 306 g/mol. The van der Waals surface area contributed by atoms with Crippen LogP contribution in [0.25, 0.3) is 0 Å². The molecule has 0 aromatic heterocycles. The molecule has 0 bridgehead atoms. The van der Waals surface area contributed by atoms with Gasteiger partial charge in [0.05, 0.1) is 16.8 Å². The highest BCUT2D eigenvalue weighted by molar-refractivity contribution is 6.33. The molecule has 1 unspecified atom stereocenters. The van der Waals surface area contributed by atoms with Crippen molar-refractivity contribution >= 4 is 35.5 Å². The van der Waals surface area contributed by atoms with Crippen molar-refractivity contribution in [3.05, 3.63) is 28.8 Å². The molecule has 0 aliphatic rings. The summed E-state index contributed by atoms with van der Waals surface area (Å²) in [6, 6.07) is 4.69. The van der Waals surface area contributed by atoms with Crippen LogP contribution in [0.4, 0.5) is 5.69 Å². The average molecular weight is 307 g/mol. The Hall–Kier alpha value is -0.810. The zero-order chi connectivity index (χ0) is 13.5. The zero-order valence-corrected chi connectivity index (χ0v) is 12.7. The van der Waals surface area contributed by atoms with E-state index in [0.29, 0.717) is 22.9 Å². The van der Waals surface area contributed by atoms with Gasteiger partial charge in [0.2, 0.25) is 0 Å². The second kappa shape index (κ2) is 9.15. The zero-order valence-electron chi connectivity index (χ0n) is 11.1. The molecule has 3 N–H and O–H groups in total. The molecule has 6 heteroatoms. The fourth-order valence-corrected chi connectivity index (χ4v) is 1.74. The molecular weight excluding hydrogens is 287 g/mol. The minimum Gasteiger partial charge on any atom is -0.398 e. The van der Waals surface area contributed by atoms with E-state index in [2.05, 4.69) is 5.32 Å². The third kappa shape index (κ3) is 5.78. The molecule has 19 heavy (non-hydrogen) atoms. The Morgan fingerprint density at radius 1 is 1.53 bits per heavy atom. The van der Waals surface area contributed by atoms with E-state index in [0.717, 1.165) is 13.0 Å². The van der Waals surface area contributed by atoms with Crippen LogP contribution in [0, 0.1) is 0 Å². The van der Waals surface area contributed by atoms with Gasteiger partial charge in [-0.25, -0.2) is 0 Å². The molecular formula is C13H20Cl2N2O2. The number of carbonyl (C=O) groups excluding carboxylic acids is 1. The molecule has 0 aliphatic carbocycles. The molecule has 0 fully saturated rings. The standard InChI is InChI=1S/C13H19ClN2O2.ClH/c1-9(16-6-3-7-18-2)13(17)10-4-5-12(15)11(14)8-10;/h4-5,8-9,16H,3,6-7,15H2,1-2H3;1H. The number of rotatable bonds is 7. The molecule has 0 heterocycles. The van der Waals surface area contributed by atoms with Gasteiger partial charge in [-0.3, -0.25) is 4.79 Å². The van der Waals surface area contributed by atoms with Gasteiger partial charge in [0.15, 0.2) is 5.78 Å². The third-order valence-corrected chi connectivity index (χ3v) is 2.98. The number of ketones is 1. The van der Waals surface area contributed by atoms with Crippen LogP contribution in [0.1, 0.15) is 23.7 Å². The maximum atomic E-state index is 12.1. The van der Waals surface area contributed by atoms with E-state index in [9.17, 15) is 4.79 Å². The van der Waals surface area contributed by atoms with Crippen molar-refractivity contribution in [2.45, 2.75) is 19.4 Å². The summed E-state index contributed by atoms with van der Waals surface area (Å²) in [5, 5.41) is 3.56. The summed E-state index contributed by atoms with van der Waals surface area (Å²) >= 11 is 5.89. The fourth-order valence-electron chi connectivity index (χ4n) is 1.56. The minimum atomic E-state index is -0.249. The van der Waals surface area contributed by atoms with Crippen LogP contribution in [0.2, 0.25) is 5.02 Å². The summed E-state index contributed by atoms with van der Waals surface area (Å²) in [6.07, 6.45) is 0.872. The number of ether oxygens (including phenoxy) is 1. The summed E-state index contributed by atoms with van der Waals surface area (Å²) in [7, 11) is 1.66. The number of nitrogens with one attached hydrogen (secondary N) is 1. The summed E-state index contributed by atoms with van der Waals surface area (Å²) in [5.41, 5.74) is 6.66. The molecule has 0 radical (unpaired) electrons. The summed E-state index contributed by atoms with van der Waals surface area (Å²) in [5.74, 6) is 0.00863. The molecule has 0 spiro atoms. The molecule has 4 nitrogen and oxygen atoms in total. The summed E-state index contributed by atoms with van der Waals surface area (Å²) < 4.78 is 4.94. The van der Waals surface area contributed by atoms with E-state index >= 15 is 0 Å². The largest absolute Gasteiger partial charge is 0.398 e. The number of Topliss-reactive ketones (excluding diaryl/α,β-unsaturated/α-hetero) is 1. The number of nitrogens with two attached hydrogens (primary N) is 1. The van der Waals surface area contributed by atoms with Crippen LogP contribution in [-0.2, 0) is 4.74 Å². The van der Waals surface area contributed by atoms with Crippen molar-refractivity contribution in [2.75, 3.05) is 26.0 Å². The lowest BCUT2D eigenvalue weighted by atomic mass is 10.0. The Morgan fingerprint density at radius 2 is 2.21 bits per heavy atom. The van der Waals surface area contributed by atoms with Gasteiger partial charge in [-0.15, -0.1) is 12.4 Å². The Labute approximate surface area is 125 Å². The van der Waals surface area contributed by atoms with Crippen LogP contribution in [0.5, 0.6) is 0 Å². The van der Waals surface area contributed by atoms with Crippen molar-refractivity contribution in [1.29, 1.82) is 0 Å². The molecule has 0 amide bonds. The molecule has 0 saturated heterocycles. The van der Waals surface area contributed by atoms with E-state index < -0.39 is 0 Å². The number of benzene rings is 1. The predicted molar refractivity (Wildman–Crippen MR) is 81.4 cm³/mol. The van der Waals surface area contributed by atoms with Gasteiger partial charge in [-0.05, 0) is 38.1 Å². The highest BCUT2D eigenvalue weighted by Gasteiger charge is 2.15. The number of anilines is 1. The molecule has 0 aliphatic heterocycles. The number of hydrogen-bond donors (Lipinski definition) is 2. The van der Waals surface area contributed by atoms with Crippen LogP contribution in [0.3, 0.4) is 0 Å². The average Bonchev–Trinajstić information content (AvgIpc) is 2.37. The van der Waals surface area contributed by atoms with E-state index in [1.54, 1.807) is 25.3 Å². The lowest BCUT2D eigenvalue weighted by Crippen LogP contribution is -2.35. The normalized spacial score (nSPS) is 11.7. The Kier molecular flexibility index (Phi) is 8.76. The van der Waals surface area contributed by atoms with E-state index in [1.807, 2.05) is 6.92 Å². The topological polar surface area (TPSA) is 64.3 Å². The number of carbonyl (C=O) groups is 1. The SMILES string of the molecule is COCCCNC(C)C(=O)c1ccc(N)c(Cl)c1.Cl. The molecule has 0 saturated carbocycles. The number of nitrogen functional groups attached to an aromatic ring is 1. The number of methoxy groups -OCH3 is 1. The summed E-state index contributed by atoms with van der Waals surface area (Å²) in [6.45, 7) is 3.25. The second-order valence-corrected chi connectivity index (χ2v) is 4.53. The molecule has 1 atom stereocenters. The first kappa shape index (κ1) is 18.2. The van der Waals surface area contributed by atoms with Crippen LogP contribution < -0.4 is 11.1 Å². The van der Waals surface area contributed by atoms with Crippen molar-refractivity contribution in [3.8, 4) is 0 Å². The molecule has 1 aromatic carbocycles. The Bertz CT molecular complexity index is 414. The lowest BCUT2D eigenvalue weighted by molar-refractivity contribution is 0.0949. The number of hydrogen-bond acceptors (Lipinski definition) is 4. The van der Waals surface area contributed by atoms with Crippen molar-refractivity contribution in [3.63, 3.8) is 0 Å². The van der Waals surface area contributed by atoms with Gasteiger partial charge in [-0.1, -0.05) is 11.6 Å². The third-order valence-electron chi connectivity index (χ3n) is 2.65. The number of halogens is 2. The lowest BCUT2D eigenvalue weighted by Gasteiger charge is -2.13. The first-order valence-electron chi connectivity index (χ1n) is 5.87. The fraction of sp³-hybridized carbons (Fsp3) is 0.462. The van der Waals surface area contributed by atoms with Crippen molar-refractivity contribution < 1.29 is 9.53 Å². The van der Waals surface area contributed by atoms with E-state index in [-0.39, 0.29) is 24.2 Å². The highest BCUT2D eigenvalue weighted by atomic mass is 35.5. The maximum Gasteiger partial charge on any atom is 0.179 e. The van der Waals surface area contributed by atoms with Gasteiger partial charge < -0.3 is 15.8 Å². The summed E-state index contributed by atoms with van der Waals surface area (Å²) in [4.78, 5) is 12.1. The van der Waals surface area contributed by atoms with Gasteiger partial charge in [-0.2, -0.15) is 0 Å². The molecule has 1 aromatic rings.